The molecule has 0 saturated heterocycles. The summed E-state index contributed by atoms with van der Waals surface area (Å²) in [6.45, 7) is 0.228. The third kappa shape index (κ3) is 6.01. The zero-order valence-electron chi connectivity index (χ0n) is 6.16. The lowest BCUT2D eigenvalue weighted by Crippen LogP contribution is -2.08. The van der Waals surface area contributed by atoms with Gasteiger partial charge >= 0.3 is 0 Å². The number of aliphatic hydroxyl groups is 3. The summed E-state index contributed by atoms with van der Waals surface area (Å²) in [5, 5.41) is 25.8. The van der Waals surface area contributed by atoms with Gasteiger partial charge < -0.3 is 15.3 Å². The largest absolute Gasteiger partial charge is 0.396 e. The number of unbranched alkanes of at least 4 members (excludes halogenated alkanes) is 1. The van der Waals surface area contributed by atoms with E-state index in [1.807, 2.05) is 0 Å². The number of rotatable bonds is 6. The van der Waals surface area contributed by atoms with Crippen molar-refractivity contribution < 1.29 is 15.3 Å². The van der Waals surface area contributed by atoms with Crippen molar-refractivity contribution in [2.24, 2.45) is 0 Å². The molecule has 62 valence electrons. The van der Waals surface area contributed by atoms with E-state index >= 15 is 0 Å². The van der Waals surface area contributed by atoms with Crippen molar-refractivity contribution in [3.05, 3.63) is 0 Å². The molecule has 0 aliphatic heterocycles. The van der Waals surface area contributed by atoms with Crippen LogP contribution in [0.25, 0.3) is 0 Å². The number of hydrogen-bond donors (Lipinski definition) is 3. The maximum Gasteiger partial charge on any atom is 0.0562 e. The van der Waals surface area contributed by atoms with Gasteiger partial charge in [0.05, 0.1) is 6.10 Å². The first-order chi connectivity index (χ1) is 4.81. The molecular formula is C7H16O3. The molecule has 0 heterocycles. The van der Waals surface area contributed by atoms with Gasteiger partial charge in [-0.25, -0.2) is 0 Å². The van der Waals surface area contributed by atoms with E-state index in [0.29, 0.717) is 12.8 Å². The van der Waals surface area contributed by atoms with Crippen LogP contribution in [-0.4, -0.2) is 34.6 Å². The van der Waals surface area contributed by atoms with E-state index in [1.165, 1.54) is 0 Å². The van der Waals surface area contributed by atoms with Crippen LogP contribution in [0.1, 0.15) is 25.7 Å². The average Bonchev–Trinajstić information content (AvgIpc) is 1.89. The highest BCUT2D eigenvalue weighted by Crippen LogP contribution is 2.02. The zero-order chi connectivity index (χ0) is 7.82. The molecule has 0 amide bonds. The first-order valence-electron chi connectivity index (χ1n) is 3.71. The number of aliphatic hydroxyl groups excluding tert-OH is 3. The quantitative estimate of drug-likeness (QED) is 0.461. The van der Waals surface area contributed by atoms with Crippen molar-refractivity contribution in [3.8, 4) is 0 Å². The molecule has 0 aromatic heterocycles. The van der Waals surface area contributed by atoms with Crippen LogP contribution in [0.15, 0.2) is 0 Å². The lowest BCUT2D eigenvalue weighted by atomic mass is 10.1. The minimum atomic E-state index is -0.392. The fraction of sp³-hybridized carbons (Fsp3) is 1.00. The van der Waals surface area contributed by atoms with Crippen molar-refractivity contribution in [2.75, 3.05) is 13.2 Å². The normalized spacial score (nSPS) is 13.5. The van der Waals surface area contributed by atoms with Crippen LogP contribution in [0.3, 0.4) is 0 Å². The summed E-state index contributed by atoms with van der Waals surface area (Å²) in [6.07, 6.45) is 2.31. The molecule has 0 aromatic rings. The Kier molecular flexibility index (Phi) is 6.91. The molecule has 0 aromatic carbocycles. The minimum absolute atomic E-state index is 0.0420. The van der Waals surface area contributed by atoms with Gasteiger partial charge in [-0.2, -0.15) is 0 Å². The fourth-order valence-electron chi connectivity index (χ4n) is 0.785. The van der Waals surface area contributed by atoms with Gasteiger partial charge in [0.1, 0.15) is 0 Å². The molecule has 0 unspecified atom stereocenters. The molecule has 0 rings (SSSR count). The Balaban J connectivity index is 2.97. The Morgan fingerprint density at radius 1 is 0.900 bits per heavy atom. The van der Waals surface area contributed by atoms with Gasteiger partial charge in [-0.15, -0.1) is 0 Å². The van der Waals surface area contributed by atoms with Gasteiger partial charge in [0.2, 0.25) is 0 Å². The molecule has 3 N–H and O–H groups in total. The van der Waals surface area contributed by atoms with Crippen molar-refractivity contribution >= 4 is 0 Å². The van der Waals surface area contributed by atoms with Gasteiger partial charge in [-0.3, -0.25) is 0 Å². The van der Waals surface area contributed by atoms with E-state index < -0.39 is 6.10 Å². The van der Waals surface area contributed by atoms with Crippen LogP contribution in [0.2, 0.25) is 0 Å². The molecular weight excluding hydrogens is 132 g/mol. The summed E-state index contributed by atoms with van der Waals surface area (Å²) in [7, 11) is 0. The van der Waals surface area contributed by atoms with Crippen molar-refractivity contribution in [3.63, 3.8) is 0 Å². The summed E-state index contributed by atoms with van der Waals surface area (Å²) in [6, 6.07) is 0. The van der Waals surface area contributed by atoms with Crippen LogP contribution >= 0.6 is 0 Å². The second kappa shape index (κ2) is 6.99. The summed E-state index contributed by atoms with van der Waals surface area (Å²) in [5.74, 6) is 0. The van der Waals surface area contributed by atoms with E-state index in [1.54, 1.807) is 0 Å². The van der Waals surface area contributed by atoms with Crippen LogP contribution in [0, 0.1) is 0 Å². The van der Waals surface area contributed by atoms with Crippen LogP contribution in [0.5, 0.6) is 0 Å². The topological polar surface area (TPSA) is 60.7 Å². The molecule has 0 radical (unpaired) electrons. The fourth-order valence-corrected chi connectivity index (χ4v) is 0.785. The molecule has 0 saturated carbocycles. The Hall–Kier alpha value is -0.120. The van der Waals surface area contributed by atoms with E-state index in [-0.39, 0.29) is 13.2 Å². The highest BCUT2D eigenvalue weighted by atomic mass is 16.3. The predicted octanol–water partition coefficient (Wildman–Crippen LogP) is -0.108. The Bertz CT molecular complexity index is 65.9. The first-order valence-corrected chi connectivity index (χ1v) is 3.71. The molecule has 0 bridgehead atoms. The summed E-state index contributed by atoms with van der Waals surface area (Å²) >= 11 is 0. The third-order valence-electron chi connectivity index (χ3n) is 1.41. The summed E-state index contributed by atoms with van der Waals surface area (Å²) in [4.78, 5) is 0. The van der Waals surface area contributed by atoms with Gasteiger partial charge in [0.25, 0.3) is 0 Å². The van der Waals surface area contributed by atoms with Crippen LogP contribution in [-0.2, 0) is 0 Å². The minimum Gasteiger partial charge on any atom is -0.396 e. The maximum absolute atomic E-state index is 9.03. The predicted molar refractivity (Wildman–Crippen MR) is 38.6 cm³/mol. The monoisotopic (exact) mass is 148 g/mol. The van der Waals surface area contributed by atoms with E-state index in [9.17, 15) is 0 Å². The maximum atomic E-state index is 9.03. The highest BCUT2D eigenvalue weighted by Gasteiger charge is 2.00. The molecule has 3 heteroatoms. The molecule has 1 atom stereocenters. The van der Waals surface area contributed by atoms with E-state index in [0.717, 1.165) is 12.8 Å². The Morgan fingerprint density at radius 2 is 1.60 bits per heavy atom. The molecule has 0 aliphatic rings. The molecule has 0 aliphatic carbocycles. The smallest absolute Gasteiger partial charge is 0.0562 e. The third-order valence-corrected chi connectivity index (χ3v) is 1.41. The van der Waals surface area contributed by atoms with Crippen molar-refractivity contribution in [1.29, 1.82) is 0 Å². The summed E-state index contributed by atoms with van der Waals surface area (Å²) in [5.41, 5.74) is 0. The summed E-state index contributed by atoms with van der Waals surface area (Å²) < 4.78 is 0. The van der Waals surface area contributed by atoms with Crippen molar-refractivity contribution in [1.82, 2.24) is 0 Å². The zero-order valence-corrected chi connectivity index (χ0v) is 6.16. The first kappa shape index (κ1) is 9.88. The Morgan fingerprint density at radius 3 is 2.10 bits per heavy atom. The van der Waals surface area contributed by atoms with E-state index in [4.69, 9.17) is 15.3 Å². The highest BCUT2D eigenvalue weighted by molar-refractivity contribution is 4.54. The average molecular weight is 148 g/mol. The van der Waals surface area contributed by atoms with Crippen molar-refractivity contribution in [2.45, 2.75) is 31.8 Å². The van der Waals surface area contributed by atoms with Gasteiger partial charge in [-0.1, -0.05) is 0 Å². The van der Waals surface area contributed by atoms with Gasteiger partial charge in [0.15, 0.2) is 0 Å². The SMILES string of the molecule is OCCCC[C@H](O)CCO. The molecule has 0 spiro atoms. The van der Waals surface area contributed by atoms with Gasteiger partial charge in [0, 0.05) is 13.2 Å². The molecule has 0 fully saturated rings. The lowest BCUT2D eigenvalue weighted by Gasteiger charge is -2.06. The molecule has 3 nitrogen and oxygen atoms in total. The number of hydrogen-bond acceptors (Lipinski definition) is 3. The van der Waals surface area contributed by atoms with E-state index in [2.05, 4.69) is 0 Å². The second-order valence-corrected chi connectivity index (χ2v) is 2.39. The Labute approximate surface area is 61.3 Å². The molecule has 10 heavy (non-hydrogen) atoms. The van der Waals surface area contributed by atoms with Crippen LogP contribution in [0.4, 0.5) is 0 Å². The standard InChI is InChI=1S/C7H16O3/c8-5-2-1-3-7(10)4-6-9/h7-10H,1-6H2/t7-/m0/s1. The van der Waals surface area contributed by atoms with Gasteiger partial charge in [-0.05, 0) is 25.7 Å². The second-order valence-electron chi connectivity index (χ2n) is 2.39. The lowest BCUT2D eigenvalue weighted by molar-refractivity contribution is 0.120. The van der Waals surface area contributed by atoms with Crippen LogP contribution < -0.4 is 0 Å².